The Morgan fingerprint density at radius 1 is 1.25 bits per heavy atom. The molecule has 1 N–H and O–H groups in total. The van der Waals surface area contributed by atoms with Gasteiger partial charge in [-0.15, -0.1) is 0 Å². The first-order valence-electron chi connectivity index (χ1n) is 7.55. The predicted octanol–water partition coefficient (Wildman–Crippen LogP) is 3.20. The van der Waals surface area contributed by atoms with Gasteiger partial charge in [0.15, 0.2) is 0 Å². The van der Waals surface area contributed by atoms with Crippen LogP contribution in [0.15, 0.2) is 48.8 Å². The number of aromatic nitrogens is 3. The van der Waals surface area contributed by atoms with E-state index >= 15 is 0 Å². The number of ether oxygens (including phenoxy) is 1. The van der Waals surface area contributed by atoms with Crippen LogP contribution >= 0.6 is 0 Å². The minimum Gasteiger partial charge on any atom is -0.497 e. The van der Waals surface area contributed by atoms with Gasteiger partial charge in [0, 0.05) is 18.0 Å². The van der Waals surface area contributed by atoms with Gasteiger partial charge in [0.1, 0.15) is 17.0 Å². The highest BCUT2D eigenvalue weighted by molar-refractivity contribution is 5.96. The second-order valence-corrected chi connectivity index (χ2v) is 5.18. The molecule has 0 radical (unpaired) electrons. The maximum absolute atomic E-state index is 11.8. The first-order valence-corrected chi connectivity index (χ1v) is 7.55. The van der Waals surface area contributed by atoms with E-state index in [2.05, 4.69) is 10.1 Å². The average molecular weight is 323 g/mol. The smallest absolute Gasteiger partial charge is 0.339 e. The van der Waals surface area contributed by atoms with Crippen molar-refractivity contribution in [3.63, 3.8) is 0 Å². The van der Waals surface area contributed by atoms with E-state index in [1.165, 1.54) is 0 Å². The first-order chi connectivity index (χ1) is 11.7. The number of hydrogen-bond donors (Lipinski definition) is 1. The monoisotopic (exact) mass is 323 g/mol. The normalized spacial score (nSPS) is 10.6. The number of benzene rings is 1. The zero-order chi connectivity index (χ0) is 17.1. The number of aromatic carboxylic acids is 1. The molecule has 1 aromatic carbocycles. The molecule has 0 aliphatic rings. The molecule has 24 heavy (non-hydrogen) atoms. The molecular formula is C18H17N3O3. The third-order valence-electron chi connectivity index (χ3n) is 3.78. The van der Waals surface area contributed by atoms with Crippen LogP contribution in [0.1, 0.15) is 23.0 Å². The number of methoxy groups -OCH3 is 1. The average Bonchev–Trinajstić information content (AvgIpc) is 3.02. The third-order valence-corrected chi connectivity index (χ3v) is 3.78. The van der Waals surface area contributed by atoms with Crippen molar-refractivity contribution in [1.29, 1.82) is 0 Å². The summed E-state index contributed by atoms with van der Waals surface area (Å²) < 4.78 is 6.84. The molecule has 0 amide bonds. The minimum absolute atomic E-state index is 0.210. The number of carbonyl (C=O) groups is 1. The van der Waals surface area contributed by atoms with Crippen molar-refractivity contribution < 1.29 is 14.6 Å². The molecule has 0 saturated heterocycles. The number of pyridine rings is 1. The summed E-state index contributed by atoms with van der Waals surface area (Å²) in [6.45, 7) is 1.91. The minimum atomic E-state index is -0.995. The van der Waals surface area contributed by atoms with E-state index in [0.29, 0.717) is 23.4 Å². The number of nitrogens with zero attached hydrogens (tertiary/aromatic N) is 3. The second kappa shape index (κ2) is 6.54. The van der Waals surface area contributed by atoms with Crippen LogP contribution in [-0.4, -0.2) is 33.0 Å². The summed E-state index contributed by atoms with van der Waals surface area (Å²) in [6.07, 6.45) is 3.80. The standard InChI is InChI=1S/C18H17N3O3/c1-3-15-16(18(22)23)17(12-5-4-10-19-11-12)20-21(15)13-6-8-14(24-2)9-7-13/h4-11H,3H2,1-2H3,(H,22,23). The number of hydrogen-bond acceptors (Lipinski definition) is 4. The molecule has 2 heterocycles. The summed E-state index contributed by atoms with van der Waals surface area (Å²) in [6, 6.07) is 10.9. The fourth-order valence-electron chi connectivity index (χ4n) is 2.65. The van der Waals surface area contributed by atoms with Gasteiger partial charge in [-0.25, -0.2) is 9.48 Å². The van der Waals surface area contributed by atoms with E-state index in [9.17, 15) is 9.90 Å². The lowest BCUT2D eigenvalue weighted by atomic mass is 10.1. The highest BCUT2D eigenvalue weighted by Gasteiger charge is 2.24. The summed E-state index contributed by atoms with van der Waals surface area (Å²) in [5.41, 5.74) is 2.73. The Bertz CT molecular complexity index is 855. The van der Waals surface area contributed by atoms with Crippen molar-refractivity contribution in [3.8, 4) is 22.7 Å². The molecule has 0 atom stereocenters. The van der Waals surface area contributed by atoms with Crippen molar-refractivity contribution in [1.82, 2.24) is 14.8 Å². The fourth-order valence-corrected chi connectivity index (χ4v) is 2.65. The summed E-state index contributed by atoms with van der Waals surface area (Å²) in [7, 11) is 1.60. The highest BCUT2D eigenvalue weighted by atomic mass is 16.5. The molecule has 0 unspecified atom stereocenters. The molecule has 0 bridgehead atoms. The maximum atomic E-state index is 11.8. The Morgan fingerprint density at radius 3 is 2.54 bits per heavy atom. The molecule has 3 aromatic rings. The van der Waals surface area contributed by atoms with E-state index in [1.54, 1.807) is 36.3 Å². The lowest BCUT2D eigenvalue weighted by Gasteiger charge is -2.07. The molecular weight excluding hydrogens is 306 g/mol. The molecule has 0 aliphatic heterocycles. The van der Waals surface area contributed by atoms with Crippen molar-refractivity contribution in [2.45, 2.75) is 13.3 Å². The van der Waals surface area contributed by atoms with Gasteiger partial charge in [-0.3, -0.25) is 4.98 Å². The molecule has 0 aliphatic carbocycles. The van der Waals surface area contributed by atoms with Crippen LogP contribution in [0.2, 0.25) is 0 Å². The van der Waals surface area contributed by atoms with Gasteiger partial charge in [-0.1, -0.05) is 6.92 Å². The Balaban J connectivity index is 2.21. The quantitative estimate of drug-likeness (QED) is 0.780. The Hall–Kier alpha value is -3.15. The van der Waals surface area contributed by atoms with Gasteiger partial charge in [-0.05, 0) is 42.8 Å². The van der Waals surface area contributed by atoms with E-state index in [-0.39, 0.29) is 5.56 Å². The maximum Gasteiger partial charge on any atom is 0.339 e. The van der Waals surface area contributed by atoms with Gasteiger partial charge in [0.25, 0.3) is 0 Å². The van der Waals surface area contributed by atoms with Crippen LogP contribution in [-0.2, 0) is 6.42 Å². The molecule has 0 spiro atoms. The Kier molecular flexibility index (Phi) is 4.29. The van der Waals surface area contributed by atoms with Gasteiger partial charge in [0.05, 0.1) is 18.5 Å². The lowest BCUT2D eigenvalue weighted by Crippen LogP contribution is -2.05. The van der Waals surface area contributed by atoms with Crippen LogP contribution < -0.4 is 4.74 Å². The topological polar surface area (TPSA) is 77.2 Å². The summed E-state index contributed by atoms with van der Waals surface area (Å²) in [5.74, 6) is -0.264. The lowest BCUT2D eigenvalue weighted by molar-refractivity contribution is 0.0696. The van der Waals surface area contributed by atoms with Crippen LogP contribution in [0.25, 0.3) is 16.9 Å². The number of carboxylic acids is 1. The summed E-state index contributed by atoms with van der Waals surface area (Å²) >= 11 is 0. The molecule has 2 aromatic heterocycles. The summed E-state index contributed by atoms with van der Waals surface area (Å²) in [4.78, 5) is 15.9. The molecule has 0 fully saturated rings. The van der Waals surface area contributed by atoms with E-state index in [1.807, 2.05) is 31.2 Å². The largest absolute Gasteiger partial charge is 0.497 e. The first kappa shape index (κ1) is 15.7. The Morgan fingerprint density at radius 2 is 2.00 bits per heavy atom. The third kappa shape index (κ3) is 2.74. The van der Waals surface area contributed by atoms with Crippen LogP contribution in [0.5, 0.6) is 5.75 Å². The SMILES string of the molecule is CCc1c(C(=O)O)c(-c2cccnc2)nn1-c1ccc(OC)cc1. The van der Waals surface area contributed by atoms with Crippen molar-refractivity contribution in [2.24, 2.45) is 0 Å². The van der Waals surface area contributed by atoms with Gasteiger partial charge < -0.3 is 9.84 Å². The summed E-state index contributed by atoms with van der Waals surface area (Å²) in [5, 5.41) is 14.2. The number of carboxylic acid groups (broad SMARTS) is 1. The van der Waals surface area contributed by atoms with E-state index in [4.69, 9.17) is 4.74 Å². The predicted molar refractivity (Wildman–Crippen MR) is 89.7 cm³/mol. The molecule has 6 heteroatoms. The zero-order valence-electron chi connectivity index (χ0n) is 13.4. The molecule has 0 saturated carbocycles. The second-order valence-electron chi connectivity index (χ2n) is 5.18. The van der Waals surface area contributed by atoms with Crippen LogP contribution in [0, 0.1) is 0 Å². The zero-order valence-corrected chi connectivity index (χ0v) is 13.4. The van der Waals surface area contributed by atoms with Crippen LogP contribution in [0.4, 0.5) is 0 Å². The van der Waals surface area contributed by atoms with Crippen molar-refractivity contribution >= 4 is 5.97 Å². The van der Waals surface area contributed by atoms with Gasteiger partial charge in [-0.2, -0.15) is 5.10 Å². The molecule has 122 valence electrons. The molecule has 3 rings (SSSR count). The fraction of sp³-hybridized carbons (Fsp3) is 0.167. The van der Waals surface area contributed by atoms with Gasteiger partial charge >= 0.3 is 5.97 Å². The van der Waals surface area contributed by atoms with Crippen LogP contribution in [0.3, 0.4) is 0 Å². The van der Waals surface area contributed by atoms with Crippen molar-refractivity contribution in [3.05, 3.63) is 60.0 Å². The van der Waals surface area contributed by atoms with E-state index < -0.39 is 5.97 Å². The van der Waals surface area contributed by atoms with Crippen molar-refractivity contribution in [2.75, 3.05) is 7.11 Å². The number of rotatable bonds is 5. The molecule has 6 nitrogen and oxygen atoms in total. The highest BCUT2D eigenvalue weighted by Crippen LogP contribution is 2.28. The van der Waals surface area contributed by atoms with E-state index in [0.717, 1.165) is 11.4 Å². The van der Waals surface area contributed by atoms with Gasteiger partial charge in [0.2, 0.25) is 0 Å². The Labute approximate surface area is 139 Å².